The van der Waals surface area contributed by atoms with Crippen LogP contribution in [-0.2, 0) is 14.3 Å². The number of nitrogens with zero attached hydrogens (tertiary/aromatic N) is 1. The van der Waals surface area contributed by atoms with E-state index in [1.54, 1.807) is 13.8 Å². The zero-order valence-electron chi connectivity index (χ0n) is 19.1. The van der Waals surface area contributed by atoms with Gasteiger partial charge in [-0.15, -0.1) is 0 Å². The van der Waals surface area contributed by atoms with Gasteiger partial charge in [0, 0.05) is 24.9 Å². The average molecular weight is 439 g/mol. The van der Waals surface area contributed by atoms with Crippen molar-refractivity contribution in [3.05, 3.63) is 59.7 Å². The Morgan fingerprint density at radius 1 is 0.969 bits per heavy atom. The van der Waals surface area contributed by atoms with Crippen molar-refractivity contribution in [3.63, 3.8) is 0 Å². The lowest BCUT2D eigenvalue weighted by molar-refractivity contribution is -0.155. The molecule has 7 nitrogen and oxygen atoms in total. The second-order valence-electron chi connectivity index (χ2n) is 9.33. The number of fused-ring (bicyclic) bond motifs is 3. The van der Waals surface area contributed by atoms with E-state index in [1.165, 1.54) is 25.8 Å². The summed E-state index contributed by atoms with van der Waals surface area (Å²) in [7, 11) is 1.44. The summed E-state index contributed by atoms with van der Waals surface area (Å²) < 4.78 is 5.55. The molecule has 2 N–H and O–H groups in total. The number of ether oxygens (including phenoxy) is 1. The summed E-state index contributed by atoms with van der Waals surface area (Å²) in [4.78, 5) is 37.7. The Balaban J connectivity index is 1.62. The average Bonchev–Trinajstić information content (AvgIpc) is 3.04. The molecule has 0 atom stereocenters. The van der Waals surface area contributed by atoms with Gasteiger partial charge in [-0.05, 0) is 49.9 Å². The van der Waals surface area contributed by atoms with Gasteiger partial charge in [0.15, 0.2) is 0 Å². The molecule has 0 heterocycles. The van der Waals surface area contributed by atoms with Crippen molar-refractivity contribution in [2.45, 2.75) is 51.1 Å². The summed E-state index contributed by atoms with van der Waals surface area (Å²) in [5.74, 6) is -1.54. The fourth-order valence-corrected chi connectivity index (χ4v) is 3.91. The number of hydrogen-bond donors (Lipinski definition) is 2. The van der Waals surface area contributed by atoms with Gasteiger partial charge in [0.2, 0.25) is 5.91 Å². The lowest BCUT2D eigenvalue weighted by Gasteiger charge is -2.34. The van der Waals surface area contributed by atoms with E-state index in [2.05, 4.69) is 17.4 Å². The maximum Gasteiger partial charge on any atom is 0.407 e. The van der Waals surface area contributed by atoms with Crippen LogP contribution in [0.5, 0.6) is 0 Å². The number of carbonyl (C=O) groups excluding carboxylic acids is 2. The molecule has 0 saturated carbocycles. The number of aliphatic carboxylic acids is 1. The first-order valence-electron chi connectivity index (χ1n) is 10.6. The molecule has 3 rings (SSSR count). The van der Waals surface area contributed by atoms with Crippen LogP contribution in [0.3, 0.4) is 0 Å². The highest BCUT2D eigenvalue weighted by molar-refractivity contribution is 5.87. The molecule has 7 heteroatoms. The van der Waals surface area contributed by atoms with Crippen LogP contribution in [0.2, 0.25) is 0 Å². The SMILES string of the molecule is CN(C(=O)CC(C)(C)NC(=O)OCC1c2ccccc2-c2ccccc21)C(C)(C)C(=O)O. The van der Waals surface area contributed by atoms with Gasteiger partial charge in [-0.1, -0.05) is 48.5 Å². The van der Waals surface area contributed by atoms with E-state index in [1.807, 2.05) is 36.4 Å². The Bertz CT molecular complexity index is 999. The standard InChI is InChI=1S/C25H30N2O5/c1-24(2,14-21(28)27(5)25(3,4)22(29)30)26-23(31)32-15-20-18-12-8-6-10-16(18)17-11-7-9-13-19(17)20/h6-13,20H,14-15H2,1-5H3,(H,26,31)(H,29,30). The number of rotatable bonds is 7. The van der Waals surface area contributed by atoms with E-state index in [-0.39, 0.29) is 24.9 Å². The van der Waals surface area contributed by atoms with Crippen molar-refractivity contribution < 1.29 is 24.2 Å². The zero-order chi connectivity index (χ0) is 23.7. The first kappa shape index (κ1) is 23.3. The zero-order valence-corrected chi connectivity index (χ0v) is 19.1. The number of carboxylic acid groups (broad SMARTS) is 1. The quantitative estimate of drug-likeness (QED) is 0.681. The lowest BCUT2D eigenvalue weighted by Crippen LogP contribution is -2.54. The van der Waals surface area contributed by atoms with E-state index < -0.39 is 23.1 Å². The monoisotopic (exact) mass is 438 g/mol. The summed E-state index contributed by atoms with van der Waals surface area (Å²) in [6.45, 7) is 6.50. The largest absolute Gasteiger partial charge is 0.480 e. The molecule has 2 aromatic rings. The Morgan fingerprint density at radius 3 is 1.97 bits per heavy atom. The third-order valence-corrected chi connectivity index (χ3v) is 6.11. The van der Waals surface area contributed by atoms with Gasteiger partial charge in [0.25, 0.3) is 0 Å². The van der Waals surface area contributed by atoms with Crippen LogP contribution in [0, 0.1) is 0 Å². The summed E-state index contributed by atoms with van der Waals surface area (Å²) in [6.07, 6.45) is -0.686. The lowest BCUT2D eigenvalue weighted by atomic mass is 9.97. The Morgan fingerprint density at radius 2 is 1.47 bits per heavy atom. The fraction of sp³-hybridized carbons (Fsp3) is 0.400. The second-order valence-corrected chi connectivity index (χ2v) is 9.33. The van der Waals surface area contributed by atoms with E-state index in [9.17, 15) is 19.5 Å². The van der Waals surface area contributed by atoms with Crippen LogP contribution in [0.25, 0.3) is 11.1 Å². The van der Waals surface area contributed by atoms with E-state index in [0.29, 0.717) is 0 Å². The van der Waals surface area contributed by atoms with Gasteiger partial charge < -0.3 is 20.1 Å². The molecule has 0 aromatic heterocycles. The van der Waals surface area contributed by atoms with Gasteiger partial charge in [0.05, 0.1) is 0 Å². The van der Waals surface area contributed by atoms with Crippen LogP contribution in [0.1, 0.15) is 51.2 Å². The minimum absolute atomic E-state index is 0.0552. The molecular formula is C25H30N2O5. The third-order valence-electron chi connectivity index (χ3n) is 6.11. The summed E-state index contributed by atoms with van der Waals surface area (Å²) in [5.41, 5.74) is 2.26. The normalized spacial score (nSPS) is 13.2. The topological polar surface area (TPSA) is 95.9 Å². The smallest absolute Gasteiger partial charge is 0.407 e. The van der Waals surface area contributed by atoms with Crippen LogP contribution in [0.15, 0.2) is 48.5 Å². The predicted octanol–water partition coefficient (Wildman–Crippen LogP) is 4.02. The molecular weight excluding hydrogens is 408 g/mol. The van der Waals surface area contributed by atoms with E-state index in [0.717, 1.165) is 22.3 Å². The van der Waals surface area contributed by atoms with Crippen LogP contribution >= 0.6 is 0 Å². The van der Waals surface area contributed by atoms with Gasteiger partial charge in [-0.2, -0.15) is 0 Å². The fourth-order valence-electron chi connectivity index (χ4n) is 3.91. The Kier molecular flexibility index (Phi) is 6.30. The molecule has 0 radical (unpaired) electrons. The number of carbonyl (C=O) groups is 3. The molecule has 32 heavy (non-hydrogen) atoms. The molecule has 0 spiro atoms. The summed E-state index contributed by atoms with van der Waals surface area (Å²) in [6, 6.07) is 16.2. The Hall–Kier alpha value is -3.35. The molecule has 0 bridgehead atoms. The van der Waals surface area contributed by atoms with Crippen molar-refractivity contribution in [2.75, 3.05) is 13.7 Å². The predicted molar refractivity (Wildman–Crippen MR) is 121 cm³/mol. The molecule has 170 valence electrons. The van der Waals surface area contributed by atoms with E-state index in [4.69, 9.17) is 4.74 Å². The number of carboxylic acids is 1. The number of nitrogens with one attached hydrogen (secondary N) is 1. The van der Waals surface area contributed by atoms with Crippen LogP contribution in [-0.4, -0.2) is 52.7 Å². The van der Waals surface area contributed by atoms with Gasteiger partial charge >= 0.3 is 12.1 Å². The number of amides is 2. The molecule has 2 amide bonds. The Labute approximate surface area is 188 Å². The number of alkyl carbamates (subject to hydrolysis) is 1. The van der Waals surface area contributed by atoms with Gasteiger partial charge in [0.1, 0.15) is 12.1 Å². The summed E-state index contributed by atoms with van der Waals surface area (Å²) >= 11 is 0. The van der Waals surface area contributed by atoms with E-state index >= 15 is 0 Å². The molecule has 0 saturated heterocycles. The number of benzene rings is 2. The minimum Gasteiger partial charge on any atom is -0.480 e. The maximum atomic E-state index is 12.6. The maximum absolute atomic E-state index is 12.6. The third kappa shape index (κ3) is 4.61. The van der Waals surface area contributed by atoms with Crippen molar-refractivity contribution in [2.24, 2.45) is 0 Å². The molecule has 0 fully saturated rings. The number of likely N-dealkylation sites (N-methyl/N-ethyl adjacent to an activating group) is 1. The first-order valence-corrected chi connectivity index (χ1v) is 10.6. The highest BCUT2D eigenvalue weighted by Crippen LogP contribution is 2.44. The van der Waals surface area contributed by atoms with Crippen molar-refractivity contribution >= 4 is 18.0 Å². The molecule has 0 aliphatic heterocycles. The molecule has 1 aliphatic carbocycles. The van der Waals surface area contributed by atoms with Crippen LogP contribution in [0.4, 0.5) is 4.79 Å². The molecule has 0 unspecified atom stereocenters. The minimum atomic E-state index is -1.35. The second kappa shape index (κ2) is 8.65. The van der Waals surface area contributed by atoms with Crippen molar-refractivity contribution in [1.29, 1.82) is 0 Å². The highest BCUT2D eigenvalue weighted by Gasteiger charge is 2.37. The molecule has 1 aliphatic rings. The number of hydrogen-bond acceptors (Lipinski definition) is 4. The van der Waals surface area contributed by atoms with Gasteiger partial charge in [-0.25, -0.2) is 9.59 Å². The summed E-state index contributed by atoms with van der Waals surface area (Å²) in [5, 5.41) is 12.1. The first-order chi connectivity index (χ1) is 14.9. The highest BCUT2D eigenvalue weighted by atomic mass is 16.5. The molecule has 2 aromatic carbocycles. The van der Waals surface area contributed by atoms with Crippen molar-refractivity contribution in [3.8, 4) is 11.1 Å². The van der Waals surface area contributed by atoms with Gasteiger partial charge in [-0.3, -0.25) is 4.79 Å². The van der Waals surface area contributed by atoms with Crippen molar-refractivity contribution in [1.82, 2.24) is 10.2 Å². The van der Waals surface area contributed by atoms with Crippen LogP contribution < -0.4 is 5.32 Å².